The topological polar surface area (TPSA) is 100 Å². The predicted molar refractivity (Wildman–Crippen MR) is 86.4 cm³/mol. The summed E-state index contributed by atoms with van der Waals surface area (Å²) in [7, 11) is 0. The maximum absolute atomic E-state index is 12.4. The maximum Gasteiger partial charge on any atom is 0.307 e. The Morgan fingerprint density at radius 3 is 2.62 bits per heavy atom. The lowest BCUT2D eigenvalue weighted by Gasteiger charge is -2.41. The van der Waals surface area contributed by atoms with Gasteiger partial charge < -0.3 is 15.0 Å². The van der Waals surface area contributed by atoms with Crippen LogP contribution in [-0.2, 0) is 4.79 Å². The zero-order chi connectivity index (χ0) is 17.1. The minimum Gasteiger partial charge on any atom is -0.481 e. The van der Waals surface area contributed by atoms with Crippen LogP contribution in [0.15, 0.2) is 12.3 Å². The number of hydrogen-bond acceptors (Lipinski definition) is 4. The number of carbonyl (C=O) groups is 2. The van der Waals surface area contributed by atoms with Gasteiger partial charge in [0.1, 0.15) is 11.8 Å². The average molecular weight is 330 g/mol. The normalized spacial score (nSPS) is 23.0. The van der Waals surface area contributed by atoms with Crippen molar-refractivity contribution >= 4 is 11.9 Å². The third-order valence-electron chi connectivity index (χ3n) is 5.11. The Morgan fingerprint density at radius 2 is 2.00 bits per heavy atom. The molecule has 1 aromatic rings. The molecule has 7 nitrogen and oxygen atoms in total. The summed E-state index contributed by atoms with van der Waals surface area (Å²) in [5.41, 5.74) is 0.912. The number of amides is 1. The number of rotatable bonds is 3. The molecule has 0 aliphatic carbocycles. The summed E-state index contributed by atoms with van der Waals surface area (Å²) in [6, 6.07) is 3.95. The largest absolute Gasteiger partial charge is 0.481 e. The van der Waals surface area contributed by atoms with Gasteiger partial charge in [0.15, 0.2) is 0 Å². The van der Waals surface area contributed by atoms with Crippen LogP contribution < -0.4 is 0 Å². The van der Waals surface area contributed by atoms with E-state index >= 15 is 0 Å². The first-order chi connectivity index (χ1) is 11.6. The molecule has 1 amide bonds. The number of likely N-dealkylation sites (tertiary alicyclic amines) is 2. The zero-order valence-electron chi connectivity index (χ0n) is 13.6. The first kappa shape index (κ1) is 16.5. The third kappa shape index (κ3) is 3.44. The number of hydrogen-bond donors (Lipinski definition) is 2. The maximum atomic E-state index is 12.4. The smallest absolute Gasteiger partial charge is 0.307 e. The van der Waals surface area contributed by atoms with Gasteiger partial charge in [0.2, 0.25) is 0 Å². The summed E-state index contributed by atoms with van der Waals surface area (Å²) >= 11 is 0. The van der Waals surface area contributed by atoms with Gasteiger partial charge in [-0.05, 0) is 38.3 Å². The molecule has 1 atom stereocenters. The Hall–Kier alpha value is -2.33. The number of carbonyl (C=O) groups excluding carboxylic acids is 1. The molecule has 2 fully saturated rings. The fourth-order valence-corrected chi connectivity index (χ4v) is 3.73. The van der Waals surface area contributed by atoms with E-state index in [1.54, 1.807) is 12.3 Å². The molecular weight excluding hydrogens is 308 g/mol. The first-order valence-electron chi connectivity index (χ1n) is 8.43. The molecule has 2 aliphatic rings. The monoisotopic (exact) mass is 330 g/mol. The van der Waals surface area contributed by atoms with Crippen molar-refractivity contribution in [3.05, 3.63) is 23.5 Å². The van der Waals surface area contributed by atoms with Crippen molar-refractivity contribution in [2.75, 3.05) is 26.2 Å². The SMILES string of the molecule is N#Cc1c[nH]c(C(=O)N2CCC(N3CCCC(C(=O)O)C3)CC2)c1. The fraction of sp³-hybridized carbons (Fsp3) is 0.588. The Kier molecular flexibility index (Phi) is 4.86. The van der Waals surface area contributed by atoms with Crippen LogP contribution >= 0.6 is 0 Å². The van der Waals surface area contributed by atoms with E-state index in [0.29, 0.717) is 36.9 Å². The molecule has 0 spiro atoms. The molecule has 1 aromatic heterocycles. The van der Waals surface area contributed by atoms with Crippen LogP contribution in [0.4, 0.5) is 0 Å². The Labute approximate surface area is 140 Å². The number of carboxylic acid groups (broad SMARTS) is 1. The lowest BCUT2D eigenvalue weighted by molar-refractivity contribution is -0.144. The molecule has 128 valence electrons. The zero-order valence-corrected chi connectivity index (χ0v) is 13.6. The van der Waals surface area contributed by atoms with Gasteiger partial charge in [0.25, 0.3) is 5.91 Å². The van der Waals surface area contributed by atoms with Crippen molar-refractivity contribution in [3.63, 3.8) is 0 Å². The van der Waals surface area contributed by atoms with Crippen LogP contribution in [0.2, 0.25) is 0 Å². The molecule has 2 aliphatic heterocycles. The van der Waals surface area contributed by atoms with Crippen LogP contribution in [0.1, 0.15) is 41.7 Å². The molecule has 7 heteroatoms. The van der Waals surface area contributed by atoms with E-state index in [9.17, 15) is 14.7 Å². The Balaban J connectivity index is 1.54. The molecule has 1 unspecified atom stereocenters. The van der Waals surface area contributed by atoms with Gasteiger partial charge in [-0.15, -0.1) is 0 Å². The van der Waals surface area contributed by atoms with Crippen molar-refractivity contribution in [1.82, 2.24) is 14.8 Å². The summed E-state index contributed by atoms with van der Waals surface area (Å²) < 4.78 is 0. The third-order valence-corrected chi connectivity index (χ3v) is 5.11. The van der Waals surface area contributed by atoms with Gasteiger partial charge in [-0.2, -0.15) is 5.26 Å². The van der Waals surface area contributed by atoms with E-state index in [1.807, 2.05) is 11.0 Å². The summed E-state index contributed by atoms with van der Waals surface area (Å²) in [6.07, 6.45) is 4.96. The van der Waals surface area contributed by atoms with E-state index in [-0.39, 0.29) is 11.8 Å². The van der Waals surface area contributed by atoms with Gasteiger partial charge in [0.05, 0.1) is 11.5 Å². The molecule has 0 aromatic carbocycles. The number of nitrogens with one attached hydrogen (secondary N) is 1. The molecule has 0 bridgehead atoms. The van der Waals surface area contributed by atoms with Gasteiger partial charge in [-0.1, -0.05) is 0 Å². The number of nitriles is 1. The average Bonchev–Trinajstić information content (AvgIpc) is 3.10. The minimum absolute atomic E-state index is 0.0722. The van der Waals surface area contributed by atoms with Gasteiger partial charge in [-0.3, -0.25) is 14.5 Å². The van der Waals surface area contributed by atoms with Crippen molar-refractivity contribution < 1.29 is 14.7 Å². The van der Waals surface area contributed by atoms with Crippen molar-refractivity contribution in [2.45, 2.75) is 31.7 Å². The quantitative estimate of drug-likeness (QED) is 0.870. The van der Waals surface area contributed by atoms with Crippen LogP contribution in [0, 0.1) is 17.2 Å². The molecule has 3 heterocycles. The van der Waals surface area contributed by atoms with Crippen molar-refractivity contribution in [1.29, 1.82) is 5.26 Å². The number of H-pyrrole nitrogens is 1. The second kappa shape index (κ2) is 7.05. The second-order valence-electron chi connectivity index (χ2n) is 6.61. The fourth-order valence-electron chi connectivity index (χ4n) is 3.73. The number of aromatic nitrogens is 1. The van der Waals surface area contributed by atoms with Gasteiger partial charge in [0, 0.05) is 31.9 Å². The van der Waals surface area contributed by atoms with E-state index in [4.69, 9.17) is 5.26 Å². The Morgan fingerprint density at radius 1 is 1.25 bits per heavy atom. The molecular formula is C17H22N4O3. The summed E-state index contributed by atoms with van der Waals surface area (Å²) in [5.74, 6) is -1.04. The first-order valence-corrected chi connectivity index (χ1v) is 8.43. The van der Waals surface area contributed by atoms with Gasteiger partial charge in [-0.25, -0.2) is 0 Å². The number of carboxylic acids is 1. The lowest BCUT2D eigenvalue weighted by Crippen LogP contribution is -2.50. The highest BCUT2D eigenvalue weighted by Crippen LogP contribution is 2.24. The highest BCUT2D eigenvalue weighted by atomic mass is 16.4. The minimum atomic E-state index is -0.702. The molecule has 24 heavy (non-hydrogen) atoms. The summed E-state index contributed by atoms with van der Waals surface area (Å²) in [6.45, 7) is 2.90. The summed E-state index contributed by atoms with van der Waals surface area (Å²) in [5, 5.41) is 18.1. The number of nitrogens with zero attached hydrogens (tertiary/aromatic N) is 3. The van der Waals surface area contributed by atoms with Crippen molar-refractivity contribution in [3.8, 4) is 6.07 Å². The molecule has 2 saturated heterocycles. The highest BCUT2D eigenvalue weighted by molar-refractivity contribution is 5.92. The highest BCUT2D eigenvalue weighted by Gasteiger charge is 2.32. The molecule has 3 rings (SSSR count). The second-order valence-corrected chi connectivity index (χ2v) is 6.61. The number of piperidine rings is 2. The molecule has 0 radical (unpaired) electrons. The van der Waals surface area contributed by atoms with Crippen LogP contribution in [0.25, 0.3) is 0 Å². The molecule has 0 saturated carbocycles. The summed E-state index contributed by atoms with van der Waals surface area (Å²) in [4.78, 5) is 30.6. The molecule has 2 N–H and O–H groups in total. The van der Waals surface area contributed by atoms with E-state index in [0.717, 1.165) is 32.2 Å². The van der Waals surface area contributed by atoms with E-state index < -0.39 is 5.97 Å². The van der Waals surface area contributed by atoms with E-state index in [1.165, 1.54) is 0 Å². The van der Waals surface area contributed by atoms with Crippen LogP contribution in [0.5, 0.6) is 0 Å². The van der Waals surface area contributed by atoms with Crippen LogP contribution in [0.3, 0.4) is 0 Å². The van der Waals surface area contributed by atoms with Crippen LogP contribution in [-0.4, -0.2) is 64.0 Å². The van der Waals surface area contributed by atoms with Gasteiger partial charge >= 0.3 is 5.97 Å². The van der Waals surface area contributed by atoms with Crippen molar-refractivity contribution in [2.24, 2.45) is 5.92 Å². The lowest BCUT2D eigenvalue weighted by atomic mass is 9.94. The number of aromatic amines is 1. The Bertz CT molecular complexity index is 655. The van der Waals surface area contributed by atoms with E-state index in [2.05, 4.69) is 9.88 Å². The standard InChI is InChI=1S/C17H22N4O3/c18-9-12-8-15(19-10-12)16(22)20-6-3-14(4-7-20)21-5-1-2-13(11-21)17(23)24/h8,10,13-14,19H,1-7,11H2,(H,23,24). The number of aliphatic carboxylic acids is 1. The predicted octanol–water partition coefficient (Wildman–Crippen LogP) is 1.29.